The Morgan fingerprint density at radius 1 is 1.31 bits per heavy atom. The third kappa shape index (κ3) is 3.69. The Bertz CT molecular complexity index is 819. The van der Waals surface area contributed by atoms with Crippen LogP contribution in [0.5, 0.6) is 0 Å². The van der Waals surface area contributed by atoms with E-state index in [1.807, 2.05) is 24.3 Å². The van der Waals surface area contributed by atoms with Crippen molar-refractivity contribution in [2.45, 2.75) is 31.0 Å². The van der Waals surface area contributed by atoms with E-state index in [0.29, 0.717) is 12.3 Å². The summed E-state index contributed by atoms with van der Waals surface area (Å²) in [5, 5.41) is 12.4. The normalized spacial score (nSPS) is 25.5. The second-order valence-electron chi connectivity index (χ2n) is 7.15. The summed E-state index contributed by atoms with van der Waals surface area (Å²) in [7, 11) is 0. The Morgan fingerprint density at radius 2 is 2.15 bits per heavy atom. The van der Waals surface area contributed by atoms with Crippen LogP contribution in [-0.4, -0.2) is 41.2 Å². The highest BCUT2D eigenvalue weighted by molar-refractivity contribution is 5.39. The minimum Gasteiger partial charge on any atom is -0.371 e. The van der Waals surface area contributed by atoms with Gasteiger partial charge in [-0.3, -0.25) is 4.90 Å². The van der Waals surface area contributed by atoms with Gasteiger partial charge < -0.3 is 10.1 Å². The standard InChI is InChI=1S/C20H21FN4O/c21-16-6-4-15(5-7-16)12-25-9-8-20(14-25)10-18(13-26-20)24-19-3-1-2-17(11-22)23-19/h1-7,18H,8-10,12-14H2,(H,23,24). The van der Waals surface area contributed by atoms with E-state index in [9.17, 15) is 4.39 Å². The van der Waals surface area contributed by atoms with Gasteiger partial charge in [-0.05, 0) is 36.2 Å². The number of hydrogen-bond acceptors (Lipinski definition) is 5. The zero-order chi connectivity index (χ0) is 18.0. The van der Waals surface area contributed by atoms with Gasteiger partial charge in [0.15, 0.2) is 0 Å². The molecular formula is C20H21FN4O. The van der Waals surface area contributed by atoms with Crippen LogP contribution < -0.4 is 5.32 Å². The molecule has 0 aliphatic carbocycles. The fraction of sp³-hybridized carbons (Fsp3) is 0.400. The van der Waals surface area contributed by atoms with E-state index >= 15 is 0 Å². The van der Waals surface area contributed by atoms with Crippen LogP contribution >= 0.6 is 0 Å². The molecule has 1 aromatic carbocycles. The maximum absolute atomic E-state index is 13.0. The molecule has 26 heavy (non-hydrogen) atoms. The minimum absolute atomic E-state index is 0.121. The van der Waals surface area contributed by atoms with Crippen LogP contribution in [0.4, 0.5) is 10.2 Å². The van der Waals surface area contributed by atoms with Crippen LogP contribution in [0.15, 0.2) is 42.5 Å². The van der Waals surface area contributed by atoms with Gasteiger partial charge in [0, 0.05) is 26.1 Å². The van der Waals surface area contributed by atoms with E-state index in [0.717, 1.165) is 43.9 Å². The molecule has 2 aliphatic rings. The fourth-order valence-corrected chi connectivity index (χ4v) is 3.92. The smallest absolute Gasteiger partial charge is 0.142 e. The van der Waals surface area contributed by atoms with Crippen molar-refractivity contribution in [1.82, 2.24) is 9.88 Å². The van der Waals surface area contributed by atoms with Crippen molar-refractivity contribution in [2.24, 2.45) is 0 Å². The molecule has 0 amide bonds. The number of aromatic nitrogens is 1. The predicted molar refractivity (Wildman–Crippen MR) is 96.0 cm³/mol. The molecule has 1 spiro atoms. The topological polar surface area (TPSA) is 61.2 Å². The van der Waals surface area contributed by atoms with E-state index in [2.05, 4.69) is 21.3 Å². The van der Waals surface area contributed by atoms with Crippen LogP contribution in [0.3, 0.4) is 0 Å². The average Bonchev–Trinajstić information content (AvgIpc) is 3.23. The quantitative estimate of drug-likeness (QED) is 0.917. The molecule has 2 fully saturated rings. The molecule has 5 nitrogen and oxygen atoms in total. The van der Waals surface area contributed by atoms with Gasteiger partial charge in [-0.2, -0.15) is 5.26 Å². The first-order valence-electron chi connectivity index (χ1n) is 8.89. The highest BCUT2D eigenvalue weighted by Gasteiger charge is 2.45. The van der Waals surface area contributed by atoms with E-state index in [-0.39, 0.29) is 17.5 Å². The number of likely N-dealkylation sites (tertiary alicyclic amines) is 1. The lowest BCUT2D eigenvalue weighted by Crippen LogP contribution is -2.33. The summed E-state index contributed by atoms with van der Waals surface area (Å²) in [6.07, 6.45) is 1.92. The average molecular weight is 352 g/mol. The van der Waals surface area contributed by atoms with Crippen molar-refractivity contribution < 1.29 is 9.13 Å². The van der Waals surface area contributed by atoms with Gasteiger partial charge in [0.25, 0.3) is 0 Å². The molecule has 2 atom stereocenters. The monoisotopic (exact) mass is 352 g/mol. The second-order valence-corrected chi connectivity index (χ2v) is 7.15. The van der Waals surface area contributed by atoms with Crippen molar-refractivity contribution in [1.29, 1.82) is 5.26 Å². The van der Waals surface area contributed by atoms with Crippen molar-refractivity contribution in [3.05, 3.63) is 59.5 Å². The summed E-state index contributed by atoms with van der Waals surface area (Å²) in [6, 6.07) is 14.4. The Morgan fingerprint density at radius 3 is 2.96 bits per heavy atom. The van der Waals surface area contributed by atoms with Crippen molar-refractivity contribution in [3.8, 4) is 6.07 Å². The largest absolute Gasteiger partial charge is 0.371 e. The minimum atomic E-state index is -0.200. The number of nitriles is 1. The lowest BCUT2D eigenvalue weighted by Gasteiger charge is -2.23. The Kier molecular flexibility index (Phi) is 4.58. The summed E-state index contributed by atoms with van der Waals surface area (Å²) >= 11 is 0. The molecule has 1 aromatic heterocycles. The summed E-state index contributed by atoms with van der Waals surface area (Å²) in [5.41, 5.74) is 1.41. The molecule has 2 aliphatic heterocycles. The van der Waals surface area contributed by atoms with Crippen LogP contribution in [0, 0.1) is 17.1 Å². The van der Waals surface area contributed by atoms with Gasteiger partial charge in [-0.1, -0.05) is 18.2 Å². The summed E-state index contributed by atoms with van der Waals surface area (Å²) in [5.74, 6) is 0.518. The predicted octanol–water partition coefficient (Wildman–Crippen LogP) is 2.94. The Labute approximate surface area is 152 Å². The van der Waals surface area contributed by atoms with Gasteiger partial charge >= 0.3 is 0 Å². The van der Waals surface area contributed by atoms with Gasteiger partial charge in [0.05, 0.1) is 18.2 Å². The first-order chi connectivity index (χ1) is 12.6. The highest BCUT2D eigenvalue weighted by Crippen LogP contribution is 2.36. The van der Waals surface area contributed by atoms with E-state index < -0.39 is 0 Å². The fourth-order valence-electron chi connectivity index (χ4n) is 3.92. The molecule has 4 rings (SSSR count). The van der Waals surface area contributed by atoms with Crippen molar-refractivity contribution >= 4 is 5.82 Å². The Balaban J connectivity index is 1.34. The van der Waals surface area contributed by atoms with Gasteiger partial charge in [0.2, 0.25) is 0 Å². The molecule has 2 aromatic rings. The van der Waals surface area contributed by atoms with E-state index in [1.165, 1.54) is 12.1 Å². The highest BCUT2D eigenvalue weighted by atomic mass is 19.1. The van der Waals surface area contributed by atoms with Crippen LogP contribution in [0.1, 0.15) is 24.1 Å². The number of nitrogens with zero attached hydrogens (tertiary/aromatic N) is 3. The van der Waals surface area contributed by atoms with Crippen molar-refractivity contribution in [2.75, 3.05) is 25.0 Å². The van der Waals surface area contributed by atoms with Gasteiger partial charge in [-0.15, -0.1) is 0 Å². The van der Waals surface area contributed by atoms with Crippen LogP contribution in [0.25, 0.3) is 0 Å². The van der Waals surface area contributed by atoms with Crippen LogP contribution in [0.2, 0.25) is 0 Å². The molecule has 2 unspecified atom stereocenters. The second kappa shape index (κ2) is 7.02. The number of anilines is 1. The van der Waals surface area contributed by atoms with Crippen LogP contribution in [-0.2, 0) is 11.3 Å². The maximum atomic E-state index is 13.0. The summed E-state index contributed by atoms with van der Waals surface area (Å²) in [6.45, 7) is 3.32. The number of pyridine rings is 1. The van der Waals surface area contributed by atoms with Crippen molar-refractivity contribution in [3.63, 3.8) is 0 Å². The first kappa shape index (κ1) is 17.0. The number of rotatable bonds is 4. The molecule has 1 N–H and O–H groups in total. The SMILES string of the molecule is N#Cc1cccc(NC2COC3(CCN(Cc4ccc(F)cc4)C3)C2)n1. The summed E-state index contributed by atoms with van der Waals surface area (Å²) in [4.78, 5) is 6.64. The summed E-state index contributed by atoms with van der Waals surface area (Å²) < 4.78 is 19.2. The number of ether oxygens (including phenoxy) is 1. The zero-order valence-electron chi connectivity index (χ0n) is 14.5. The number of halogens is 1. The first-order valence-corrected chi connectivity index (χ1v) is 8.89. The number of hydrogen-bond donors (Lipinski definition) is 1. The Hall–Kier alpha value is -2.49. The molecule has 0 radical (unpaired) electrons. The third-order valence-corrected chi connectivity index (χ3v) is 5.14. The zero-order valence-corrected chi connectivity index (χ0v) is 14.5. The lowest BCUT2D eigenvalue weighted by atomic mass is 9.97. The molecule has 0 saturated carbocycles. The van der Waals surface area contributed by atoms with E-state index in [4.69, 9.17) is 10.00 Å². The number of nitrogens with one attached hydrogen (secondary N) is 1. The third-order valence-electron chi connectivity index (χ3n) is 5.14. The molecule has 6 heteroatoms. The molecular weight excluding hydrogens is 331 g/mol. The molecule has 134 valence electrons. The van der Waals surface area contributed by atoms with Gasteiger partial charge in [0.1, 0.15) is 23.4 Å². The molecule has 3 heterocycles. The lowest BCUT2D eigenvalue weighted by molar-refractivity contribution is 0.0120. The molecule has 0 bridgehead atoms. The van der Waals surface area contributed by atoms with E-state index in [1.54, 1.807) is 6.07 Å². The van der Waals surface area contributed by atoms with Gasteiger partial charge in [-0.25, -0.2) is 9.37 Å². The molecule has 2 saturated heterocycles. The maximum Gasteiger partial charge on any atom is 0.142 e. The number of benzene rings is 1.